The summed E-state index contributed by atoms with van der Waals surface area (Å²) in [6, 6.07) is 0. The molecule has 8 unspecified atom stereocenters. The lowest BCUT2D eigenvalue weighted by Gasteiger charge is -2.41. The van der Waals surface area contributed by atoms with Gasteiger partial charge in [-0.3, -0.25) is 0 Å². The molecule has 0 aromatic heterocycles. The SMILES string of the molecule is CC12CCC(C(OC3OC(CO)C(O)C(O)C3O)C1)C2(C)C. The Kier molecular flexibility index (Phi) is 4.07. The van der Waals surface area contributed by atoms with Gasteiger partial charge in [0.2, 0.25) is 0 Å². The van der Waals surface area contributed by atoms with Crippen LogP contribution in [0.1, 0.15) is 40.0 Å². The second-order valence-electron chi connectivity index (χ2n) is 8.00. The summed E-state index contributed by atoms with van der Waals surface area (Å²) in [6.45, 7) is 6.38. The van der Waals surface area contributed by atoms with Crippen LogP contribution in [0.4, 0.5) is 0 Å². The third-order valence-corrected chi connectivity index (χ3v) is 6.75. The fourth-order valence-electron chi connectivity index (χ4n) is 4.70. The van der Waals surface area contributed by atoms with Crippen LogP contribution in [0.15, 0.2) is 0 Å². The lowest BCUT2D eigenvalue weighted by molar-refractivity contribution is -0.315. The Hall–Kier alpha value is -0.240. The molecule has 2 saturated carbocycles. The second-order valence-corrected chi connectivity index (χ2v) is 8.00. The second kappa shape index (κ2) is 5.40. The molecular weight excluding hydrogens is 288 g/mol. The largest absolute Gasteiger partial charge is 0.394 e. The van der Waals surface area contributed by atoms with Gasteiger partial charge in [-0.05, 0) is 36.0 Å². The van der Waals surface area contributed by atoms with Crippen LogP contribution in [-0.4, -0.2) is 63.8 Å². The van der Waals surface area contributed by atoms with Gasteiger partial charge in [0.25, 0.3) is 0 Å². The van der Waals surface area contributed by atoms with E-state index in [1.165, 1.54) is 6.42 Å². The topological polar surface area (TPSA) is 99.4 Å². The predicted molar refractivity (Wildman–Crippen MR) is 77.9 cm³/mol. The van der Waals surface area contributed by atoms with Crippen molar-refractivity contribution < 1.29 is 29.9 Å². The molecule has 0 aromatic carbocycles. The van der Waals surface area contributed by atoms with E-state index in [-0.39, 0.29) is 16.9 Å². The Balaban J connectivity index is 1.71. The smallest absolute Gasteiger partial charge is 0.186 e. The van der Waals surface area contributed by atoms with Crippen molar-refractivity contribution in [1.82, 2.24) is 0 Å². The molecule has 2 bridgehead atoms. The van der Waals surface area contributed by atoms with Gasteiger partial charge in [-0.1, -0.05) is 20.8 Å². The van der Waals surface area contributed by atoms with Gasteiger partial charge in [0.15, 0.2) is 6.29 Å². The standard InChI is InChI=1S/C16H28O6/c1-15(2)8-4-5-16(15,3)6-9(8)21-14-13(20)12(19)11(18)10(7-17)22-14/h8-14,17-20H,4-7H2,1-3H3. The van der Waals surface area contributed by atoms with Gasteiger partial charge in [0.1, 0.15) is 24.4 Å². The maximum atomic E-state index is 10.1. The molecule has 0 amide bonds. The molecular formula is C16H28O6. The van der Waals surface area contributed by atoms with Crippen LogP contribution in [0.5, 0.6) is 0 Å². The molecule has 1 saturated heterocycles. The highest BCUT2D eigenvalue weighted by Gasteiger charge is 2.61. The molecule has 4 N–H and O–H groups in total. The summed E-state index contributed by atoms with van der Waals surface area (Å²) in [7, 11) is 0. The molecule has 0 radical (unpaired) electrons. The molecule has 6 heteroatoms. The van der Waals surface area contributed by atoms with Gasteiger partial charge in [-0.15, -0.1) is 0 Å². The van der Waals surface area contributed by atoms with E-state index < -0.39 is 37.3 Å². The Morgan fingerprint density at radius 2 is 1.77 bits per heavy atom. The van der Waals surface area contributed by atoms with Crippen LogP contribution in [0, 0.1) is 16.7 Å². The summed E-state index contributed by atoms with van der Waals surface area (Å²) >= 11 is 0. The monoisotopic (exact) mass is 316 g/mol. The average Bonchev–Trinajstić information content (AvgIpc) is 2.80. The number of rotatable bonds is 3. The first kappa shape index (κ1) is 16.6. The summed E-state index contributed by atoms with van der Waals surface area (Å²) in [5.41, 5.74) is 0.391. The Morgan fingerprint density at radius 3 is 2.27 bits per heavy atom. The molecule has 2 aliphatic carbocycles. The molecule has 0 spiro atoms. The number of aliphatic hydroxyl groups excluding tert-OH is 4. The zero-order valence-electron chi connectivity index (χ0n) is 13.5. The maximum absolute atomic E-state index is 10.1. The zero-order valence-corrected chi connectivity index (χ0v) is 13.5. The molecule has 3 rings (SSSR count). The van der Waals surface area contributed by atoms with Crippen molar-refractivity contribution in [3.63, 3.8) is 0 Å². The van der Waals surface area contributed by atoms with Crippen LogP contribution >= 0.6 is 0 Å². The van der Waals surface area contributed by atoms with Gasteiger partial charge >= 0.3 is 0 Å². The van der Waals surface area contributed by atoms with Crippen LogP contribution < -0.4 is 0 Å². The zero-order chi connectivity index (χ0) is 16.3. The van der Waals surface area contributed by atoms with Crippen LogP contribution in [0.2, 0.25) is 0 Å². The number of ether oxygens (including phenoxy) is 2. The van der Waals surface area contributed by atoms with Crippen molar-refractivity contribution in [1.29, 1.82) is 0 Å². The lowest BCUT2D eigenvalue weighted by Crippen LogP contribution is -2.59. The van der Waals surface area contributed by atoms with Gasteiger partial charge in [-0.2, -0.15) is 0 Å². The Labute approximate surface area is 131 Å². The van der Waals surface area contributed by atoms with E-state index in [1.54, 1.807) is 0 Å². The summed E-state index contributed by atoms with van der Waals surface area (Å²) < 4.78 is 11.5. The molecule has 22 heavy (non-hydrogen) atoms. The number of aliphatic hydroxyl groups is 4. The third kappa shape index (κ3) is 2.24. The van der Waals surface area contributed by atoms with E-state index in [4.69, 9.17) is 9.47 Å². The van der Waals surface area contributed by atoms with E-state index in [2.05, 4.69) is 20.8 Å². The molecule has 1 aliphatic heterocycles. The quantitative estimate of drug-likeness (QED) is 0.586. The molecule has 128 valence electrons. The van der Waals surface area contributed by atoms with Gasteiger partial charge in [-0.25, -0.2) is 0 Å². The number of hydrogen-bond acceptors (Lipinski definition) is 6. The van der Waals surface area contributed by atoms with Gasteiger partial charge < -0.3 is 29.9 Å². The van der Waals surface area contributed by atoms with Crippen molar-refractivity contribution >= 4 is 0 Å². The minimum atomic E-state index is -1.38. The minimum Gasteiger partial charge on any atom is -0.394 e. The molecule has 6 nitrogen and oxygen atoms in total. The fourth-order valence-corrected chi connectivity index (χ4v) is 4.70. The van der Waals surface area contributed by atoms with E-state index >= 15 is 0 Å². The van der Waals surface area contributed by atoms with Gasteiger partial charge in [0.05, 0.1) is 12.7 Å². The predicted octanol–water partition coefficient (Wildman–Crippen LogP) is 0.0177. The molecule has 3 aliphatic rings. The first-order chi connectivity index (χ1) is 10.2. The highest BCUT2D eigenvalue weighted by molar-refractivity contribution is 5.10. The van der Waals surface area contributed by atoms with Crippen molar-refractivity contribution in [3.05, 3.63) is 0 Å². The highest BCUT2D eigenvalue weighted by Crippen LogP contribution is 2.66. The van der Waals surface area contributed by atoms with Crippen LogP contribution in [-0.2, 0) is 9.47 Å². The first-order valence-corrected chi connectivity index (χ1v) is 8.17. The normalized spacial score (nSPS) is 53.9. The van der Waals surface area contributed by atoms with Crippen molar-refractivity contribution in [2.75, 3.05) is 6.61 Å². The molecule has 1 heterocycles. The highest BCUT2D eigenvalue weighted by atomic mass is 16.7. The van der Waals surface area contributed by atoms with Crippen molar-refractivity contribution in [2.24, 2.45) is 16.7 Å². The van der Waals surface area contributed by atoms with E-state index in [1.807, 2.05) is 0 Å². The third-order valence-electron chi connectivity index (χ3n) is 6.75. The summed E-state index contributed by atoms with van der Waals surface area (Å²) in [5.74, 6) is 0.393. The summed E-state index contributed by atoms with van der Waals surface area (Å²) in [6.07, 6.45) is -2.82. The minimum absolute atomic E-state index is 0.0322. The summed E-state index contributed by atoms with van der Waals surface area (Å²) in [4.78, 5) is 0. The maximum Gasteiger partial charge on any atom is 0.186 e. The fraction of sp³-hybridized carbons (Fsp3) is 1.00. The molecule has 3 fully saturated rings. The summed E-state index contributed by atoms with van der Waals surface area (Å²) in [5, 5.41) is 39.0. The van der Waals surface area contributed by atoms with Crippen LogP contribution in [0.25, 0.3) is 0 Å². The Bertz CT molecular complexity index is 422. The van der Waals surface area contributed by atoms with E-state index in [0.717, 1.165) is 12.8 Å². The van der Waals surface area contributed by atoms with Crippen molar-refractivity contribution in [3.8, 4) is 0 Å². The number of fused-ring (bicyclic) bond motifs is 2. The van der Waals surface area contributed by atoms with Gasteiger partial charge in [0, 0.05) is 0 Å². The molecule has 0 aromatic rings. The van der Waals surface area contributed by atoms with Crippen molar-refractivity contribution in [2.45, 2.75) is 76.8 Å². The number of hydrogen-bond donors (Lipinski definition) is 4. The van der Waals surface area contributed by atoms with E-state index in [0.29, 0.717) is 5.92 Å². The van der Waals surface area contributed by atoms with E-state index in [9.17, 15) is 20.4 Å². The lowest BCUT2D eigenvalue weighted by atomic mass is 9.71. The average molecular weight is 316 g/mol. The molecule has 8 atom stereocenters. The Morgan fingerprint density at radius 1 is 1.09 bits per heavy atom. The van der Waals surface area contributed by atoms with Crippen LogP contribution in [0.3, 0.4) is 0 Å². The first-order valence-electron chi connectivity index (χ1n) is 8.17.